The molecular formula is C15H20N4OS. The molecule has 1 fully saturated rings. The van der Waals surface area contributed by atoms with Crippen molar-refractivity contribution in [1.29, 1.82) is 5.26 Å². The summed E-state index contributed by atoms with van der Waals surface area (Å²) in [5, 5.41) is 17.4. The Balaban J connectivity index is 2.16. The maximum Gasteiger partial charge on any atom is 0.255 e. The number of aromatic nitrogens is 2. The van der Waals surface area contributed by atoms with Gasteiger partial charge in [-0.25, -0.2) is 0 Å². The van der Waals surface area contributed by atoms with Crippen LogP contribution in [0.5, 0.6) is 0 Å². The van der Waals surface area contributed by atoms with Gasteiger partial charge in [0, 0.05) is 13.1 Å². The maximum atomic E-state index is 12.7. The molecule has 1 amide bonds. The largest absolute Gasteiger partial charge is 0.338 e. The van der Waals surface area contributed by atoms with Crippen molar-refractivity contribution in [2.45, 2.75) is 37.9 Å². The number of piperidine rings is 1. The van der Waals surface area contributed by atoms with Crippen LogP contribution in [0, 0.1) is 18.3 Å². The quantitative estimate of drug-likeness (QED) is 0.856. The molecule has 1 aliphatic heterocycles. The second-order valence-electron chi connectivity index (χ2n) is 5.30. The van der Waals surface area contributed by atoms with E-state index in [9.17, 15) is 10.1 Å². The number of carbonyl (C=O) groups is 1. The Morgan fingerprint density at radius 1 is 1.48 bits per heavy atom. The van der Waals surface area contributed by atoms with Crippen molar-refractivity contribution in [3.05, 3.63) is 23.0 Å². The van der Waals surface area contributed by atoms with Crippen LogP contribution in [0.15, 0.2) is 6.07 Å². The van der Waals surface area contributed by atoms with Gasteiger partial charge in [0.05, 0.1) is 23.0 Å². The van der Waals surface area contributed by atoms with Crippen molar-refractivity contribution in [2.75, 3.05) is 19.3 Å². The van der Waals surface area contributed by atoms with Crippen LogP contribution in [-0.2, 0) is 6.42 Å². The molecule has 0 unspecified atom stereocenters. The number of hydrogen-bond donors (Lipinski definition) is 0. The van der Waals surface area contributed by atoms with Gasteiger partial charge in [-0.05, 0) is 38.5 Å². The van der Waals surface area contributed by atoms with E-state index in [0.29, 0.717) is 25.1 Å². The SMILES string of the molecule is CCc1nnc(C)cc1C(=O)N1CCC(C#N)(SC)CC1. The number of aryl methyl sites for hydroxylation is 2. The molecule has 2 heterocycles. The first-order valence-corrected chi connectivity index (χ1v) is 8.36. The first-order valence-electron chi connectivity index (χ1n) is 7.14. The van der Waals surface area contributed by atoms with Gasteiger partial charge < -0.3 is 4.90 Å². The van der Waals surface area contributed by atoms with E-state index in [2.05, 4.69) is 16.3 Å². The van der Waals surface area contributed by atoms with Crippen molar-refractivity contribution in [3.8, 4) is 6.07 Å². The average Bonchev–Trinajstić information content (AvgIpc) is 2.54. The molecule has 21 heavy (non-hydrogen) atoms. The van der Waals surface area contributed by atoms with E-state index in [1.54, 1.807) is 11.8 Å². The van der Waals surface area contributed by atoms with Gasteiger partial charge in [-0.1, -0.05) is 6.92 Å². The zero-order chi connectivity index (χ0) is 15.5. The molecule has 0 spiro atoms. The molecule has 1 saturated heterocycles. The fourth-order valence-electron chi connectivity index (χ4n) is 2.56. The number of likely N-dealkylation sites (tertiary alicyclic amines) is 1. The highest BCUT2D eigenvalue weighted by Gasteiger charge is 2.36. The molecule has 0 radical (unpaired) electrons. The van der Waals surface area contributed by atoms with Gasteiger partial charge in [-0.3, -0.25) is 4.79 Å². The first-order chi connectivity index (χ1) is 10.0. The summed E-state index contributed by atoms with van der Waals surface area (Å²) in [6.45, 7) is 5.06. The summed E-state index contributed by atoms with van der Waals surface area (Å²) < 4.78 is -0.337. The lowest BCUT2D eigenvalue weighted by molar-refractivity contribution is 0.0714. The summed E-state index contributed by atoms with van der Waals surface area (Å²) in [6, 6.07) is 4.22. The number of rotatable bonds is 3. The molecule has 1 aromatic heterocycles. The second-order valence-corrected chi connectivity index (χ2v) is 6.49. The topological polar surface area (TPSA) is 69.9 Å². The Morgan fingerprint density at radius 3 is 2.67 bits per heavy atom. The van der Waals surface area contributed by atoms with Gasteiger partial charge in [0.2, 0.25) is 0 Å². The predicted molar refractivity (Wildman–Crippen MR) is 83.1 cm³/mol. The minimum atomic E-state index is -0.337. The molecule has 0 aromatic carbocycles. The first kappa shape index (κ1) is 15.8. The van der Waals surface area contributed by atoms with Crippen molar-refractivity contribution in [1.82, 2.24) is 15.1 Å². The highest BCUT2D eigenvalue weighted by Crippen LogP contribution is 2.34. The van der Waals surface area contributed by atoms with E-state index in [1.807, 2.05) is 31.1 Å². The predicted octanol–water partition coefficient (Wildman–Crippen LogP) is 2.21. The molecule has 0 saturated carbocycles. The number of nitriles is 1. The van der Waals surface area contributed by atoms with Crippen LogP contribution in [0.1, 0.15) is 41.5 Å². The van der Waals surface area contributed by atoms with Gasteiger partial charge in [-0.15, -0.1) is 11.8 Å². The highest BCUT2D eigenvalue weighted by atomic mass is 32.2. The monoisotopic (exact) mass is 304 g/mol. The molecule has 0 aliphatic carbocycles. The molecule has 0 bridgehead atoms. The third kappa shape index (κ3) is 3.18. The Bertz CT molecular complexity index is 574. The summed E-state index contributed by atoms with van der Waals surface area (Å²) in [5.74, 6) is 0.0116. The van der Waals surface area contributed by atoms with Crippen LogP contribution in [0.2, 0.25) is 0 Å². The zero-order valence-electron chi connectivity index (χ0n) is 12.7. The minimum Gasteiger partial charge on any atom is -0.338 e. The van der Waals surface area contributed by atoms with E-state index >= 15 is 0 Å². The molecule has 6 heteroatoms. The van der Waals surface area contributed by atoms with E-state index in [1.165, 1.54) is 0 Å². The van der Waals surface area contributed by atoms with Crippen LogP contribution in [0.3, 0.4) is 0 Å². The molecule has 1 aromatic rings. The molecule has 5 nitrogen and oxygen atoms in total. The maximum absolute atomic E-state index is 12.7. The third-order valence-electron chi connectivity index (χ3n) is 4.01. The fraction of sp³-hybridized carbons (Fsp3) is 0.600. The number of hydrogen-bond acceptors (Lipinski definition) is 5. The summed E-state index contributed by atoms with van der Waals surface area (Å²) >= 11 is 1.59. The van der Waals surface area contributed by atoms with Crippen LogP contribution in [-0.4, -0.2) is 45.1 Å². The molecule has 0 N–H and O–H groups in total. The number of amides is 1. The lowest BCUT2D eigenvalue weighted by Crippen LogP contribution is -2.44. The highest BCUT2D eigenvalue weighted by molar-refractivity contribution is 8.00. The van der Waals surface area contributed by atoms with E-state index in [0.717, 1.165) is 24.2 Å². The van der Waals surface area contributed by atoms with Gasteiger partial charge in [0.15, 0.2) is 0 Å². The Labute approximate surface area is 129 Å². The summed E-state index contributed by atoms with van der Waals surface area (Å²) in [7, 11) is 0. The van der Waals surface area contributed by atoms with E-state index < -0.39 is 0 Å². The molecule has 1 aliphatic rings. The molecular weight excluding hydrogens is 284 g/mol. The average molecular weight is 304 g/mol. The van der Waals surface area contributed by atoms with Gasteiger partial charge in [0.1, 0.15) is 4.75 Å². The Hall–Kier alpha value is -1.61. The lowest BCUT2D eigenvalue weighted by atomic mass is 9.96. The van der Waals surface area contributed by atoms with Crippen LogP contribution in [0.25, 0.3) is 0 Å². The molecule has 112 valence electrons. The standard InChI is InChI=1S/C15H20N4OS/c1-4-13-12(9-11(2)17-18-13)14(20)19-7-5-15(10-16,21-3)6-8-19/h9H,4-8H2,1-3H3. The smallest absolute Gasteiger partial charge is 0.255 e. The molecule has 2 rings (SSSR count). The lowest BCUT2D eigenvalue weighted by Gasteiger charge is -2.36. The van der Waals surface area contributed by atoms with Crippen LogP contribution in [0.4, 0.5) is 0 Å². The number of carbonyl (C=O) groups excluding carboxylic acids is 1. The normalized spacial score (nSPS) is 17.3. The van der Waals surface area contributed by atoms with Gasteiger partial charge in [-0.2, -0.15) is 15.5 Å². The Kier molecular flexibility index (Phi) is 4.84. The van der Waals surface area contributed by atoms with E-state index in [-0.39, 0.29) is 10.7 Å². The zero-order valence-corrected chi connectivity index (χ0v) is 13.5. The van der Waals surface area contributed by atoms with E-state index in [4.69, 9.17) is 0 Å². The number of nitrogens with zero attached hydrogens (tertiary/aromatic N) is 4. The summed E-state index contributed by atoms with van der Waals surface area (Å²) in [6.07, 6.45) is 4.09. The summed E-state index contributed by atoms with van der Waals surface area (Å²) in [5.41, 5.74) is 2.15. The third-order valence-corrected chi connectivity index (χ3v) is 5.29. The summed E-state index contributed by atoms with van der Waals surface area (Å²) in [4.78, 5) is 14.5. The Morgan fingerprint density at radius 2 is 2.14 bits per heavy atom. The van der Waals surface area contributed by atoms with Crippen LogP contribution >= 0.6 is 11.8 Å². The second kappa shape index (κ2) is 6.44. The number of thioether (sulfide) groups is 1. The van der Waals surface area contributed by atoms with Crippen molar-refractivity contribution in [3.63, 3.8) is 0 Å². The van der Waals surface area contributed by atoms with Crippen molar-refractivity contribution >= 4 is 17.7 Å². The minimum absolute atomic E-state index is 0.0116. The van der Waals surface area contributed by atoms with Gasteiger partial charge in [0.25, 0.3) is 5.91 Å². The van der Waals surface area contributed by atoms with Crippen molar-refractivity contribution in [2.24, 2.45) is 0 Å². The van der Waals surface area contributed by atoms with Crippen LogP contribution < -0.4 is 0 Å². The molecule has 0 atom stereocenters. The van der Waals surface area contributed by atoms with Crippen molar-refractivity contribution < 1.29 is 4.79 Å². The fourth-order valence-corrected chi connectivity index (χ4v) is 3.25. The van der Waals surface area contributed by atoms with Gasteiger partial charge >= 0.3 is 0 Å².